The number of nitrogens with zero attached hydrogens (tertiary/aromatic N) is 1. The second-order valence-electron chi connectivity index (χ2n) is 5.69. The van der Waals surface area contributed by atoms with Crippen molar-refractivity contribution < 1.29 is 37.8 Å². The highest BCUT2D eigenvalue weighted by Gasteiger charge is 2.35. The predicted molar refractivity (Wildman–Crippen MR) is 86.8 cm³/mol. The number of hydrogen-bond acceptors (Lipinski definition) is 4. The molecular weight excluding hydrogens is 393 g/mol. The first-order valence-electron chi connectivity index (χ1n) is 7.57. The van der Waals surface area contributed by atoms with Crippen molar-refractivity contribution in [3.8, 4) is 0 Å². The molecule has 11 heteroatoms. The Bertz CT molecular complexity index is 823. The molecule has 1 aromatic rings. The lowest BCUT2D eigenvalue weighted by molar-refractivity contribution is -0.139. The predicted octanol–water partition coefficient (Wildman–Crippen LogP) is 2.10. The van der Waals surface area contributed by atoms with E-state index in [4.69, 9.17) is 16.7 Å². The second kappa shape index (κ2) is 7.87. The Labute approximate surface area is 156 Å². The fourth-order valence-corrected chi connectivity index (χ4v) is 2.71. The molecule has 3 N–H and O–H groups in total. The van der Waals surface area contributed by atoms with Gasteiger partial charge in [0.25, 0.3) is 11.8 Å². The van der Waals surface area contributed by atoms with Crippen LogP contribution in [0.25, 0.3) is 0 Å². The number of nitrogens with one attached hydrogen (secondary N) is 1. The van der Waals surface area contributed by atoms with Crippen LogP contribution in [-0.2, 0) is 27.1 Å². The Morgan fingerprint density at radius 3 is 2.56 bits per heavy atom. The maximum absolute atomic E-state index is 12.9. The average Bonchev–Trinajstić information content (AvgIpc) is 2.56. The van der Waals surface area contributed by atoms with Gasteiger partial charge in [0.2, 0.25) is 0 Å². The van der Waals surface area contributed by atoms with Crippen molar-refractivity contribution in [2.75, 3.05) is 13.1 Å². The van der Waals surface area contributed by atoms with Crippen LogP contribution in [0, 0.1) is 0 Å². The van der Waals surface area contributed by atoms with Gasteiger partial charge in [-0.3, -0.25) is 14.4 Å². The zero-order valence-corrected chi connectivity index (χ0v) is 14.4. The fraction of sp³-hybridized carbons (Fsp3) is 0.312. The SMILES string of the molecule is O=C(O)CNC(=O)C1=C(O)CCN(Cc2ccc(Cl)c(C(F)(F)F)c2)C1=O. The summed E-state index contributed by atoms with van der Waals surface area (Å²) in [5, 5.41) is 19.8. The van der Waals surface area contributed by atoms with E-state index in [9.17, 15) is 32.7 Å². The highest BCUT2D eigenvalue weighted by Crippen LogP contribution is 2.35. The molecule has 0 aliphatic carbocycles. The summed E-state index contributed by atoms with van der Waals surface area (Å²) in [5.41, 5.74) is -1.55. The highest BCUT2D eigenvalue weighted by molar-refractivity contribution is 6.31. The van der Waals surface area contributed by atoms with E-state index >= 15 is 0 Å². The third-order valence-electron chi connectivity index (χ3n) is 3.75. The minimum atomic E-state index is -4.67. The van der Waals surface area contributed by atoms with Crippen LogP contribution in [0.15, 0.2) is 29.5 Å². The summed E-state index contributed by atoms with van der Waals surface area (Å²) < 4.78 is 38.8. The molecule has 2 amide bonds. The Morgan fingerprint density at radius 2 is 1.96 bits per heavy atom. The molecule has 1 heterocycles. The van der Waals surface area contributed by atoms with Crippen molar-refractivity contribution in [2.24, 2.45) is 0 Å². The molecule has 1 aliphatic rings. The second-order valence-corrected chi connectivity index (χ2v) is 6.09. The van der Waals surface area contributed by atoms with Crippen LogP contribution in [0.4, 0.5) is 13.2 Å². The molecule has 27 heavy (non-hydrogen) atoms. The van der Waals surface area contributed by atoms with Gasteiger partial charge in [0.1, 0.15) is 17.9 Å². The van der Waals surface area contributed by atoms with Gasteiger partial charge in [-0.25, -0.2) is 0 Å². The molecule has 7 nitrogen and oxygen atoms in total. The number of carbonyl (C=O) groups excluding carboxylic acids is 2. The van der Waals surface area contributed by atoms with Crippen molar-refractivity contribution in [3.05, 3.63) is 45.7 Å². The van der Waals surface area contributed by atoms with Gasteiger partial charge in [-0.1, -0.05) is 17.7 Å². The summed E-state index contributed by atoms with van der Waals surface area (Å²) in [4.78, 5) is 36.0. The van der Waals surface area contributed by atoms with Crippen molar-refractivity contribution in [1.29, 1.82) is 0 Å². The number of amides is 2. The Hall–Kier alpha value is -2.75. The summed E-state index contributed by atoms with van der Waals surface area (Å²) in [5.74, 6) is -3.84. The van der Waals surface area contributed by atoms with Crippen LogP contribution in [0.3, 0.4) is 0 Å². The van der Waals surface area contributed by atoms with Gasteiger partial charge in [0, 0.05) is 19.5 Å². The number of benzene rings is 1. The molecule has 1 aliphatic heterocycles. The van der Waals surface area contributed by atoms with Gasteiger partial charge >= 0.3 is 12.1 Å². The molecule has 0 bridgehead atoms. The molecule has 0 saturated carbocycles. The summed E-state index contributed by atoms with van der Waals surface area (Å²) in [6.45, 7) is -1.03. The first-order chi connectivity index (χ1) is 12.5. The van der Waals surface area contributed by atoms with Crippen molar-refractivity contribution >= 4 is 29.4 Å². The third-order valence-corrected chi connectivity index (χ3v) is 4.07. The van der Waals surface area contributed by atoms with E-state index in [0.29, 0.717) is 0 Å². The van der Waals surface area contributed by atoms with Crippen LogP contribution in [0.1, 0.15) is 17.5 Å². The fourth-order valence-electron chi connectivity index (χ4n) is 2.48. The minimum absolute atomic E-state index is 0.0235. The van der Waals surface area contributed by atoms with Crippen LogP contribution in [-0.4, -0.2) is 46.0 Å². The van der Waals surface area contributed by atoms with Gasteiger partial charge < -0.3 is 20.4 Å². The van der Waals surface area contributed by atoms with Crippen LogP contribution < -0.4 is 5.32 Å². The maximum atomic E-state index is 12.9. The normalized spacial score (nSPS) is 15.1. The first kappa shape index (κ1) is 20.6. The Balaban J connectivity index is 2.21. The average molecular weight is 407 g/mol. The largest absolute Gasteiger partial charge is 0.511 e. The molecule has 0 unspecified atom stereocenters. The number of alkyl halides is 3. The summed E-state index contributed by atoms with van der Waals surface area (Å²) in [6.07, 6.45) is -4.76. The van der Waals surface area contributed by atoms with E-state index in [1.165, 1.54) is 6.07 Å². The zero-order valence-electron chi connectivity index (χ0n) is 13.6. The summed E-state index contributed by atoms with van der Waals surface area (Å²) >= 11 is 5.55. The van der Waals surface area contributed by atoms with Gasteiger partial charge in [-0.15, -0.1) is 0 Å². The molecule has 2 rings (SSSR count). The molecular formula is C16H14ClF3N2O5. The topological polar surface area (TPSA) is 107 Å². The maximum Gasteiger partial charge on any atom is 0.417 e. The minimum Gasteiger partial charge on any atom is -0.511 e. The Kier molecular flexibility index (Phi) is 5.99. The number of rotatable bonds is 5. The number of hydrogen-bond donors (Lipinski definition) is 3. The van der Waals surface area contributed by atoms with Crippen LogP contribution in [0.5, 0.6) is 0 Å². The molecule has 0 fully saturated rings. The van der Waals surface area contributed by atoms with Crippen LogP contribution >= 0.6 is 11.6 Å². The highest BCUT2D eigenvalue weighted by atomic mass is 35.5. The van der Waals surface area contributed by atoms with Crippen molar-refractivity contribution in [3.63, 3.8) is 0 Å². The number of halogens is 4. The standard InChI is InChI=1S/C16H14ClF3N2O5/c17-10-2-1-8(5-9(10)16(18,19)20)7-22-4-3-11(23)13(15(22)27)14(26)21-6-12(24)25/h1-2,5,23H,3-4,6-7H2,(H,21,26)(H,24,25). The number of carbonyl (C=O) groups is 3. The number of aliphatic hydroxyl groups excluding tert-OH is 1. The van der Waals surface area contributed by atoms with Crippen molar-refractivity contribution in [2.45, 2.75) is 19.1 Å². The van der Waals surface area contributed by atoms with Gasteiger partial charge in [-0.2, -0.15) is 13.2 Å². The monoisotopic (exact) mass is 406 g/mol. The van der Waals surface area contributed by atoms with E-state index < -0.39 is 52.4 Å². The lowest BCUT2D eigenvalue weighted by Crippen LogP contribution is -2.43. The molecule has 1 aromatic carbocycles. The van der Waals surface area contributed by atoms with Crippen molar-refractivity contribution in [1.82, 2.24) is 10.2 Å². The quantitative estimate of drug-likeness (QED) is 0.649. The van der Waals surface area contributed by atoms with Gasteiger partial charge in [-0.05, 0) is 17.7 Å². The molecule has 0 radical (unpaired) electrons. The van der Waals surface area contributed by atoms with E-state index in [1.54, 1.807) is 0 Å². The lowest BCUT2D eigenvalue weighted by Gasteiger charge is -2.28. The van der Waals surface area contributed by atoms with Crippen LogP contribution in [0.2, 0.25) is 5.02 Å². The summed E-state index contributed by atoms with van der Waals surface area (Å²) in [7, 11) is 0. The molecule has 0 spiro atoms. The first-order valence-corrected chi connectivity index (χ1v) is 7.95. The number of aliphatic carboxylic acids is 1. The Morgan fingerprint density at radius 1 is 1.30 bits per heavy atom. The number of carboxylic acid groups (broad SMARTS) is 1. The zero-order chi connectivity index (χ0) is 20.4. The molecule has 0 aromatic heterocycles. The smallest absolute Gasteiger partial charge is 0.417 e. The number of carboxylic acids is 1. The van der Waals surface area contributed by atoms with E-state index in [0.717, 1.165) is 17.0 Å². The number of aliphatic hydroxyl groups is 1. The van der Waals surface area contributed by atoms with E-state index in [1.807, 2.05) is 5.32 Å². The molecule has 0 atom stereocenters. The van der Waals surface area contributed by atoms with Gasteiger partial charge in [0.15, 0.2) is 0 Å². The lowest BCUT2D eigenvalue weighted by atomic mass is 10.0. The molecule has 0 saturated heterocycles. The van der Waals surface area contributed by atoms with Gasteiger partial charge in [0.05, 0.1) is 10.6 Å². The summed E-state index contributed by atoms with van der Waals surface area (Å²) in [6, 6.07) is 3.17. The molecule has 146 valence electrons. The van der Waals surface area contributed by atoms with E-state index in [2.05, 4.69) is 0 Å². The van der Waals surface area contributed by atoms with E-state index in [-0.39, 0.29) is 25.1 Å². The third kappa shape index (κ3) is 4.91.